The van der Waals surface area contributed by atoms with Crippen molar-refractivity contribution in [3.63, 3.8) is 0 Å². The number of nitrogens with zero attached hydrogens (tertiary/aromatic N) is 1. The molecule has 0 unspecified atom stereocenters. The summed E-state index contributed by atoms with van der Waals surface area (Å²) < 4.78 is 17.7. The van der Waals surface area contributed by atoms with Gasteiger partial charge in [0.2, 0.25) is 0 Å². The Bertz CT molecular complexity index is 1070. The van der Waals surface area contributed by atoms with Gasteiger partial charge >= 0.3 is 0 Å². The summed E-state index contributed by atoms with van der Waals surface area (Å²) in [5.74, 6) is 0. The molecular formula is C24H33FN4. The molecule has 0 atom stereocenters. The minimum absolute atomic E-state index is 0.709. The summed E-state index contributed by atoms with van der Waals surface area (Å²) in [5.41, 5.74) is 18.9. The van der Waals surface area contributed by atoms with Crippen molar-refractivity contribution in [1.29, 1.82) is 0 Å². The molecule has 29 heavy (non-hydrogen) atoms. The molecule has 0 aliphatic heterocycles. The molecule has 4 nitrogen and oxygen atoms in total. The lowest BCUT2D eigenvalue weighted by atomic mass is 10.1. The Morgan fingerprint density at radius 3 is 2.21 bits per heavy atom. The number of nitrogens with one attached hydrogen (secondary N) is 1. The zero-order chi connectivity index (χ0) is 22.1. The van der Waals surface area contributed by atoms with Gasteiger partial charge in [-0.1, -0.05) is 24.3 Å². The maximum atomic E-state index is 9.96. The van der Waals surface area contributed by atoms with E-state index in [9.17, 15) is 4.39 Å². The summed E-state index contributed by atoms with van der Waals surface area (Å²) in [4.78, 5) is 3.26. The normalized spacial score (nSPS) is 10.9. The molecule has 0 aliphatic carbocycles. The third-order valence-electron chi connectivity index (χ3n) is 4.98. The molecule has 0 bridgehead atoms. The first-order chi connectivity index (χ1) is 14.4. The fourth-order valence-corrected chi connectivity index (χ4v) is 3.60. The fourth-order valence-electron chi connectivity index (χ4n) is 3.60. The van der Waals surface area contributed by atoms with E-state index < -0.39 is 7.15 Å². The van der Waals surface area contributed by atoms with Gasteiger partial charge in [0.25, 0.3) is 0 Å². The van der Waals surface area contributed by atoms with Crippen molar-refractivity contribution in [1.82, 2.24) is 9.55 Å². The van der Waals surface area contributed by atoms with E-state index in [1.54, 1.807) is 0 Å². The quantitative estimate of drug-likeness (QED) is 0.473. The second-order valence-electron chi connectivity index (χ2n) is 7.23. The summed E-state index contributed by atoms with van der Waals surface area (Å²) in [6.07, 6.45) is 6.14. The van der Waals surface area contributed by atoms with Crippen LogP contribution < -0.4 is 11.5 Å². The van der Waals surface area contributed by atoms with Crippen molar-refractivity contribution < 1.29 is 5.76 Å². The number of nitrogens with two attached hydrogens (primary N) is 2. The SMILES string of the molecule is Cc1ccc2c(CCN)c[nH]c2c1.Cc1ccc2c(CCN)cn(C)c2c1.[2H]CF. The van der Waals surface area contributed by atoms with Crippen LogP contribution in [0, 0.1) is 13.8 Å². The van der Waals surface area contributed by atoms with E-state index in [2.05, 4.69) is 79.2 Å². The highest BCUT2D eigenvalue weighted by Gasteiger charge is 2.05. The topological polar surface area (TPSA) is 72.8 Å². The second kappa shape index (κ2) is 10.8. The number of aromatic nitrogens is 2. The zero-order valence-electron chi connectivity index (χ0n) is 18.6. The van der Waals surface area contributed by atoms with Gasteiger partial charge in [-0.25, -0.2) is 0 Å². The van der Waals surface area contributed by atoms with Crippen LogP contribution >= 0.6 is 0 Å². The number of aryl methyl sites for hydroxylation is 3. The van der Waals surface area contributed by atoms with Crippen LogP contribution in [0.15, 0.2) is 48.8 Å². The van der Waals surface area contributed by atoms with Crippen LogP contribution in [0.5, 0.6) is 0 Å². The van der Waals surface area contributed by atoms with Gasteiger partial charge in [-0.3, -0.25) is 4.39 Å². The van der Waals surface area contributed by atoms with Gasteiger partial charge in [0.15, 0.2) is 0 Å². The summed E-state index contributed by atoms with van der Waals surface area (Å²) in [6.45, 7) is 5.64. The Hall–Kier alpha value is -2.63. The van der Waals surface area contributed by atoms with Crippen LogP contribution in [0.3, 0.4) is 0 Å². The molecular weight excluding hydrogens is 363 g/mol. The Kier molecular flexibility index (Phi) is 7.85. The predicted molar refractivity (Wildman–Crippen MR) is 123 cm³/mol. The minimum Gasteiger partial charge on any atom is -0.361 e. The van der Waals surface area contributed by atoms with E-state index >= 15 is 0 Å². The predicted octanol–water partition coefficient (Wildman–Crippen LogP) is 4.55. The number of halogens is 1. The highest BCUT2D eigenvalue weighted by Crippen LogP contribution is 2.22. The number of alkyl halides is 1. The molecule has 0 saturated heterocycles. The number of hydrogen-bond acceptors (Lipinski definition) is 2. The molecule has 0 amide bonds. The standard InChI is InChI=1S/C12H16N2.C11H14N2.CH3F/c1-9-3-4-11-10(5-6-13)8-14(2)12(11)7-9;1-8-2-3-10-9(4-5-12)7-13-11(10)6-8;1-2/h3-4,7-8H,5-6,13H2,1-2H3;2-3,6-7,13H,4-5,12H2,1H3;1H3/i;;1D. The molecule has 2 aromatic carbocycles. The molecule has 0 saturated carbocycles. The first kappa shape index (κ1) is 21.1. The van der Waals surface area contributed by atoms with Gasteiger partial charge in [0, 0.05) is 41.2 Å². The van der Waals surface area contributed by atoms with Crippen LogP contribution in [0.25, 0.3) is 21.8 Å². The number of rotatable bonds is 4. The highest BCUT2D eigenvalue weighted by molar-refractivity contribution is 5.85. The van der Waals surface area contributed by atoms with E-state index in [0.717, 1.165) is 12.8 Å². The molecule has 0 aliphatic rings. The molecule has 0 fully saturated rings. The molecule has 156 valence electrons. The zero-order valence-corrected chi connectivity index (χ0v) is 17.6. The van der Waals surface area contributed by atoms with Crippen molar-refractivity contribution >= 4 is 21.8 Å². The first-order valence-corrected chi connectivity index (χ1v) is 9.81. The third kappa shape index (κ3) is 5.46. The Labute approximate surface area is 174 Å². The van der Waals surface area contributed by atoms with Gasteiger partial charge in [0.05, 0.1) is 8.52 Å². The Morgan fingerprint density at radius 2 is 1.55 bits per heavy atom. The number of H-pyrrole nitrogens is 1. The summed E-state index contributed by atoms with van der Waals surface area (Å²) >= 11 is 0. The first-order valence-electron chi connectivity index (χ1n) is 10.5. The molecule has 4 rings (SSSR count). The average Bonchev–Trinajstić information content (AvgIpc) is 3.24. The molecule has 5 heteroatoms. The number of fused-ring (bicyclic) bond motifs is 2. The van der Waals surface area contributed by atoms with Gasteiger partial charge in [-0.05, 0) is 74.2 Å². The Morgan fingerprint density at radius 1 is 0.966 bits per heavy atom. The molecule has 2 aromatic heterocycles. The van der Waals surface area contributed by atoms with Gasteiger partial charge in [-0.2, -0.15) is 0 Å². The summed E-state index contributed by atoms with van der Waals surface area (Å²) in [7, 11) is 1.09. The van der Waals surface area contributed by atoms with Crippen molar-refractivity contribution in [2.75, 3.05) is 20.2 Å². The van der Waals surface area contributed by atoms with Gasteiger partial charge in [0.1, 0.15) is 0 Å². The van der Waals surface area contributed by atoms with Crippen molar-refractivity contribution in [3.8, 4) is 0 Å². The van der Waals surface area contributed by atoms with Crippen molar-refractivity contribution in [2.24, 2.45) is 18.5 Å². The lowest BCUT2D eigenvalue weighted by molar-refractivity contribution is 0.636. The van der Waals surface area contributed by atoms with Crippen LogP contribution in [-0.4, -0.2) is 29.8 Å². The van der Waals surface area contributed by atoms with Crippen LogP contribution in [-0.2, 0) is 19.9 Å². The van der Waals surface area contributed by atoms with E-state index in [1.165, 1.54) is 44.1 Å². The van der Waals surface area contributed by atoms with Gasteiger partial charge < -0.3 is 21.0 Å². The van der Waals surface area contributed by atoms with Crippen molar-refractivity contribution in [3.05, 3.63) is 71.0 Å². The number of aromatic amines is 1. The van der Waals surface area contributed by atoms with Gasteiger partial charge in [-0.15, -0.1) is 0 Å². The third-order valence-corrected chi connectivity index (χ3v) is 4.98. The lowest BCUT2D eigenvalue weighted by Gasteiger charge is -1.97. The summed E-state index contributed by atoms with van der Waals surface area (Å²) in [5, 5.41) is 2.64. The maximum absolute atomic E-state index is 9.96. The molecule has 5 N–H and O–H groups in total. The fraction of sp³-hybridized carbons (Fsp3) is 0.333. The van der Waals surface area contributed by atoms with E-state index in [1.807, 2.05) is 0 Å². The molecule has 2 heterocycles. The molecule has 0 spiro atoms. The van der Waals surface area contributed by atoms with E-state index in [-0.39, 0.29) is 0 Å². The van der Waals surface area contributed by atoms with E-state index in [4.69, 9.17) is 12.8 Å². The molecule has 4 aromatic rings. The van der Waals surface area contributed by atoms with Crippen LogP contribution in [0.4, 0.5) is 4.39 Å². The smallest absolute Gasteiger partial charge is 0.0785 e. The number of hydrogen-bond donors (Lipinski definition) is 3. The Balaban J connectivity index is 0.000000190. The average molecular weight is 398 g/mol. The van der Waals surface area contributed by atoms with E-state index in [0.29, 0.717) is 13.1 Å². The maximum Gasteiger partial charge on any atom is 0.0785 e. The van der Waals surface area contributed by atoms with Crippen LogP contribution in [0.2, 0.25) is 0 Å². The monoisotopic (exact) mass is 397 g/mol. The van der Waals surface area contributed by atoms with Crippen molar-refractivity contribution in [2.45, 2.75) is 26.7 Å². The summed E-state index contributed by atoms with van der Waals surface area (Å²) in [6, 6.07) is 13.0. The highest BCUT2D eigenvalue weighted by atomic mass is 19.1. The van der Waals surface area contributed by atoms with Crippen LogP contribution in [0.1, 0.15) is 23.6 Å². The number of benzene rings is 2. The second-order valence-corrected chi connectivity index (χ2v) is 7.23. The molecule has 0 radical (unpaired) electrons. The minimum atomic E-state index is -1.00. The largest absolute Gasteiger partial charge is 0.361 e. The lowest BCUT2D eigenvalue weighted by Crippen LogP contribution is -2.01.